The Morgan fingerprint density at radius 3 is 2.31 bits per heavy atom. The topological polar surface area (TPSA) is 12.5 Å². The van der Waals surface area contributed by atoms with Crippen molar-refractivity contribution in [2.75, 3.05) is 6.61 Å². The van der Waals surface area contributed by atoms with Crippen molar-refractivity contribution >= 4 is 0 Å². The van der Waals surface area contributed by atoms with Crippen molar-refractivity contribution in [3.8, 4) is 0 Å². The molecule has 0 amide bonds. The highest BCUT2D eigenvalue weighted by molar-refractivity contribution is 5.23. The SMILES string of the molecule is c1ccc(C(C2CCCCC2)C2CO2)cc1. The van der Waals surface area contributed by atoms with Crippen molar-refractivity contribution in [3.63, 3.8) is 0 Å². The fourth-order valence-corrected chi connectivity index (χ4v) is 3.22. The van der Waals surface area contributed by atoms with Crippen molar-refractivity contribution in [1.29, 1.82) is 0 Å². The summed E-state index contributed by atoms with van der Waals surface area (Å²) in [6.45, 7) is 0.982. The number of hydrogen-bond acceptors (Lipinski definition) is 1. The average Bonchev–Trinajstić information content (AvgIpc) is 3.17. The minimum absolute atomic E-state index is 0.519. The van der Waals surface area contributed by atoms with E-state index in [1.54, 1.807) is 0 Å². The van der Waals surface area contributed by atoms with Crippen LogP contribution in [0.5, 0.6) is 0 Å². The van der Waals surface area contributed by atoms with E-state index in [4.69, 9.17) is 4.74 Å². The van der Waals surface area contributed by atoms with E-state index in [0.29, 0.717) is 12.0 Å². The molecule has 1 aliphatic carbocycles. The zero-order chi connectivity index (χ0) is 10.8. The molecule has 2 fully saturated rings. The Morgan fingerprint density at radius 2 is 1.69 bits per heavy atom. The minimum Gasteiger partial charge on any atom is -0.372 e. The molecule has 1 heteroatoms. The summed E-state index contributed by atoms with van der Waals surface area (Å²) in [7, 11) is 0. The molecule has 0 spiro atoms. The average molecular weight is 216 g/mol. The molecule has 3 rings (SSSR count). The number of hydrogen-bond donors (Lipinski definition) is 0. The van der Waals surface area contributed by atoms with Crippen molar-refractivity contribution in [2.24, 2.45) is 5.92 Å². The Hall–Kier alpha value is -0.820. The molecule has 86 valence electrons. The van der Waals surface area contributed by atoms with Gasteiger partial charge in [0.15, 0.2) is 0 Å². The lowest BCUT2D eigenvalue weighted by molar-refractivity contribution is 0.255. The summed E-state index contributed by atoms with van der Waals surface area (Å²) < 4.78 is 5.58. The quantitative estimate of drug-likeness (QED) is 0.701. The van der Waals surface area contributed by atoms with E-state index < -0.39 is 0 Å². The molecule has 2 atom stereocenters. The first-order valence-electron chi connectivity index (χ1n) is 6.62. The molecule has 1 heterocycles. The molecule has 0 aromatic heterocycles. The zero-order valence-electron chi connectivity index (χ0n) is 9.77. The second-order valence-electron chi connectivity index (χ2n) is 5.21. The normalized spacial score (nSPS) is 27.6. The van der Waals surface area contributed by atoms with Gasteiger partial charge in [0, 0.05) is 5.92 Å². The van der Waals surface area contributed by atoms with Gasteiger partial charge in [-0.2, -0.15) is 0 Å². The maximum Gasteiger partial charge on any atom is 0.0880 e. The third-order valence-electron chi connectivity index (χ3n) is 4.10. The van der Waals surface area contributed by atoms with Crippen LogP contribution in [0.1, 0.15) is 43.6 Å². The molecule has 1 aliphatic heterocycles. The Bertz CT molecular complexity index is 323. The fourth-order valence-electron chi connectivity index (χ4n) is 3.22. The molecule has 2 unspecified atom stereocenters. The first-order chi connectivity index (χ1) is 7.95. The molecule has 16 heavy (non-hydrogen) atoms. The number of benzene rings is 1. The van der Waals surface area contributed by atoms with Gasteiger partial charge in [-0.05, 0) is 24.3 Å². The van der Waals surface area contributed by atoms with Crippen molar-refractivity contribution in [2.45, 2.75) is 44.1 Å². The maximum absolute atomic E-state index is 5.58. The van der Waals surface area contributed by atoms with Gasteiger partial charge in [-0.15, -0.1) is 0 Å². The molecule has 1 aromatic carbocycles. The van der Waals surface area contributed by atoms with Crippen molar-refractivity contribution in [1.82, 2.24) is 0 Å². The summed E-state index contributed by atoms with van der Waals surface area (Å²) in [6.07, 6.45) is 7.59. The van der Waals surface area contributed by atoms with E-state index in [0.717, 1.165) is 12.5 Å². The Morgan fingerprint density at radius 1 is 1.00 bits per heavy atom. The highest BCUT2D eigenvalue weighted by Gasteiger charge is 2.39. The predicted octanol–water partition coefficient (Wildman–Crippen LogP) is 3.75. The van der Waals surface area contributed by atoms with Crippen LogP contribution >= 0.6 is 0 Å². The van der Waals surface area contributed by atoms with Gasteiger partial charge in [0.25, 0.3) is 0 Å². The van der Waals surface area contributed by atoms with E-state index in [-0.39, 0.29) is 0 Å². The first kappa shape index (κ1) is 10.3. The zero-order valence-corrected chi connectivity index (χ0v) is 9.77. The second-order valence-corrected chi connectivity index (χ2v) is 5.21. The number of epoxide rings is 1. The molecule has 2 aliphatic rings. The van der Waals surface area contributed by atoms with E-state index >= 15 is 0 Å². The van der Waals surface area contributed by atoms with Gasteiger partial charge >= 0.3 is 0 Å². The van der Waals surface area contributed by atoms with Gasteiger partial charge < -0.3 is 4.74 Å². The third kappa shape index (κ3) is 2.15. The predicted molar refractivity (Wildman–Crippen MR) is 65.5 cm³/mol. The van der Waals surface area contributed by atoms with Gasteiger partial charge in [0.2, 0.25) is 0 Å². The molecule has 1 saturated heterocycles. The lowest BCUT2D eigenvalue weighted by Crippen LogP contribution is -2.20. The third-order valence-corrected chi connectivity index (χ3v) is 4.10. The monoisotopic (exact) mass is 216 g/mol. The van der Waals surface area contributed by atoms with Gasteiger partial charge in [-0.25, -0.2) is 0 Å². The number of rotatable bonds is 3. The van der Waals surface area contributed by atoms with Crippen LogP contribution in [0, 0.1) is 5.92 Å². The van der Waals surface area contributed by atoms with E-state index in [2.05, 4.69) is 30.3 Å². The molecular weight excluding hydrogens is 196 g/mol. The first-order valence-corrected chi connectivity index (χ1v) is 6.62. The Labute approximate surface area is 97.8 Å². The summed E-state index contributed by atoms with van der Waals surface area (Å²) in [5.74, 6) is 1.53. The largest absolute Gasteiger partial charge is 0.372 e. The Balaban J connectivity index is 1.80. The summed E-state index contributed by atoms with van der Waals surface area (Å²) in [5, 5.41) is 0. The van der Waals surface area contributed by atoms with Crippen LogP contribution in [0.4, 0.5) is 0 Å². The van der Waals surface area contributed by atoms with Crippen LogP contribution in [0.3, 0.4) is 0 Å². The molecule has 0 radical (unpaired) electrons. The van der Waals surface area contributed by atoms with Crippen molar-refractivity contribution in [3.05, 3.63) is 35.9 Å². The van der Waals surface area contributed by atoms with E-state index in [9.17, 15) is 0 Å². The molecule has 0 N–H and O–H groups in total. The highest BCUT2D eigenvalue weighted by Crippen LogP contribution is 2.42. The minimum atomic E-state index is 0.519. The standard InChI is InChI=1S/C15H20O/c1-3-7-12(8-4-1)15(14-11-16-14)13-9-5-2-6-10-13/h1,3-4,7-8,13-15H,2,5-6,9-11H2. The van der Waals surface area contributed by atoms with Crippen LogP contribution in [-0.4, -0.2) is 12.7 Å². The van der Waals surface area contributed by atoms with Gasteiger partial charge in [-0.3, -0.25) is 0 Å². The summed E-state index contributed by atoms with van der Waals surface area (Å²) in [6, 6.07) is 11.0. The fraction of sp³-hybridized carbons (Fsp3) is 0.600. The summed E-state index contributed by atoms with van der Waals surface area (Å²) in [4.78, 5) is 0. The van der Waals surface area contributed by atoms with Crippen LogP contribution < -0.4 is 0 Å². The summed E-state index contributed by atoms with van der Waals surface area (Å²) >= 11 is 0. The lowest BCUT2D eigenvalue weighted by atomic mass is 9.75. The van der Waals surface area contributed by atoms with Gasteiger partial charge in [0.05, 0.1) is 12.7 Å². The Kier molecular flexibility index (Phi) is 2.96. The summed E-state index contributed by atoms with van der Waals surface area (Å²) in [5.41, 5.74) is 1.50. The van der Waals surface area contributed by atoms with Gasteiger partial charge in [0.1, 0.15) is 0 Å². The number of ether oxygens (including phenoxy) is 1. The van der Waals surface area contributed by atoms with Crippen LogP contribution in [0.15, 0.2) is 30.3 Å². The lowest BCUT2D eigenvalue weighted by Gasteiger charge is -2.29. The molecule has 1 saturated carbocycles. The van der Waals surface area contributed by atoms with Gasteiger partial charge in [-0.1, -0.05) is 49.6 Å². The van der Waals surface area contributed by atoms with Crippen LogP contribution in [0.2, 0.25) is 0 Å². The highest BCUT2D eigenvalue weighted by atomic mass is 16.6. The molecule has 1 aromatic rings. The molecule has 0 bridgehead atoms. The smallest absolute Gasteiger partial charge is 0.0880 e. The second kappa shape index (κ2) is 4.58. The van der Waals surface area contributed by atoms with E-state index in [1.165, 1.54) is 37.7 Å². The van der Waals surface area contributed by atoms with Crippen molar-refractivity contribution < 1.29 is 4.74 Å². The van der Waals surface area contributed by atoms with Crippen LogP contribution in [-0.2, 0) is 4.74 Å². The van der Waals surface area contributed by atoms with Crippen LogP contribution in [0.25, 0.3) is 0 Å². The maximum atomic E-state index is 5.58. The molecular formula is C15H20O. The molecule has 1 nitrogen and oxygen atoms in total. The van der Waals surface area contributed by atoms with E-state index in [1.807, 2.05) is 0 Å².